The summed E-state index contributed by atoms with van der Waals surface area (Å²) >= 11 is 0. The molecule has 0 aliphatic rings. The summed E-state index contributed by atoms with van der Waals surface area (Å²) < 4.78 is 24.6. The van der Waals surface area contributed by atoms with Crippen molar-refractivity contribution in [1.82, 2.24) is 4.98 Å². The van der Waals surface area contributed by atoms with Crippen LogP contribution in [0.1, 0.15) is 20.8 Å². The third kappa shape index (κ3) is 5.01. The van der Waals surface area contributed by atoms with Crippen molar-refractivity contribution in [1.29, 1.82) is 0 Å². The number of nitrogens with two attached hydrogens (primary N) is 2. The molecule has 2 rings (SSSR count). The van der Waals surface area contributed by atoms with Crippen molar-refractivity contribution >= 4 is 23.4 Å². The molecule has 0 aliphatic carbocycles. The lowest BCUT2D eigenvalue weighted by Crippen LogP contribution is -2.27. The Hall–Kier alpha value is -3.03. The fourth-order valence-corrected chi connectivity index (χ4v) is 1.82. The minimum absolute atomic E-state index is 0.0465. The molecule has 0 unspecified atom stereocenters. The number of hydrogen-bond donors (Lipinski definition) is 3. The summed E-state index contributed by atoms with van der Waals surface area (Å²) in [5, 5.41) is 2.44. The van der Waals surface area contributed by atoms with Gasteiger partial charge in [0, 0.05) is 23.9 Å². The van der Waals surface area contributed by atoms with Gasteiger partial charge in [-0.25, -0.2) is 14.2 Å². The second-order valence-electron chi connectivity index (χ2n) is 6.03. The smallest absolute Gasteiger partial charge is 0.412 e. The molecule has 7 nitrogen and oxygen atoms in total. The van der Waals surface area contributed by atoms with Gasteiger partial charge in [0.05, 0.1) is 0 Å². The summed E-state index contributed by atoms with van der Waals surface area (Å²) in [6, 6.07) is 6.81. The van der Waals surface area contributed by atoms with Crippen molar-refractivity contribution < 1.29 is 18.7 Å². The van der Waals surface area contributed by atoms with Crippen LogP contribution < -0.4 is 21.5 Å². The summed E-state index contributed by atoms with van der Waals surface area (Å²) in [5.41, 5.74) is 10.7. The van der Waals surface area contributed by atoms with Gasteiger partial charge in [-0.1, -0.05) is 0 Å². The Labute approximate surface area is 138 Å². The van der Waals surface area contributed by atoms with Crippen LogP contribution in [0.15, 0.2) is 30.3 Å². The lowest BCUT2D eigenvalue weighted by Gasteiger charge is -2.19. The molecule has 0 spiro atoms. The van der Waals surface area contributed by atoms with Crippen LogP contribution in [-0.2, 0) is 4.74 Å². The molecular formula is C16H19FN4O3. The fourth-order valence-electron chi connectivity index (χ4n) is 1.82. The fraction of sp³-hybridized carbons (Fsp3) is 0.250. The number of aromatic nitrogens is 1. The van der Waals surface area contributed by atoms with E-state index >= 15 is 0 Å². The lowest BCUT2D eigenvalue weighted by molar-refractivity contribution is 0.0636. The SMILES string of the molecule is CC(C)(C)OC(=O)Nc1ccc(Oc2cc(N)nc(N)c2)c(F)c1. The number of nitrogen functional groups attached to an aromatic ring is 2. The van der Waals surface area contributed by atoms with E-state index in [9.17, 15) is 9.18 Å². The summed E-state index contributed by atoms with van der Waals surface area (Å²) in [5.74, 6) is -0.138. The topological polar surface area (TPSA) is 112 Å². The summed E-state index contributed by atoms with van der Waals surface area (Å²) in [6.45, 7) is 5.20. The molecule has 1 aromatic heterocycles. The number of amides is 1. The van der Waals surface area contributed by atoms with E-state index in [-0.39, 0.29) is 28.8 Å². The lowest BCUT2D eigenvalue weighted by atomic mass is 10.2. The Bertz CT molecular complexity index is 739. The number of benzene rings is 1. The van der Waals surface area contributed by atoms with Gasteiger partial charge in [-0.2, -0.15) is 0 Å². The number of carbonyl (C=O) groups is 1. The van der Waals surface area contributed by atoms with Crippen LogP contribution in [0.2, 0.25) is 0 Å². The molecule has 0 radical (unpaired) electrons. The number of anilines is 3. The predicted octanol–water partition coefficient (Wildman–Crippen LogP) is 3.52. The molecule has 8 heteroatoms. The predicted molar refractivity (Wildman–Crippen MR) is 89.4 cm³/mol. The zero-order valence-corrected chi connectivity index (χ0v) is 13.6. The quantitative estimate of drug-likeness (QED) is 0.791. The van der Waals surface area contributed by atoms with Crippen LogP contribution in [0, 0.1) is 5.82 Å². The van der Waals surface area contributed by atoms with Gasteiger partial charge >= 0.3 is 6.09 Å². The zero-order chi connectivity index (χ0) is 17.9. The maximum Gasteiger partial charge on any atom is 0.412 e. The normalized spacial score (nSPS) is 11.0. The average Bonchev–Trinajstić information content (AvgIpc) is 2.38. The highest BCUT2D eigenvalue weighted by Gasteiger charge is 2.17. The first-order valence-electron chi connectivity index (χ1n) is 7.13. The molecule has 0 saturated carbocycles. The number of ether oxygens (including phenoxy) is 2. The molecule has 2 aromatic rings. The maximum atomic E-state index is 14.1. The highest BCUT2D eigenvalue weighted by Crippen LogP contribution is 2.28. The molecule has 0 aliphatic heterocycles. The standard InChI is InChI=1S/C16H19FN4O3/c1-16(2,3)24-15(22)20-9-4-5-12(11(17)6-9)23-10-7-13(18)21-14(19)8-10/h4-8H,1-3H3,(H,20,22)(H4,18,19,21). The van der Waals surface area contributed by atoms with E-state index in [0.717, 1.165) is 6.07 Å². The van der Waals surface area contributed by atoms with Gasteiger partial charge in [-0.15, -0.1) is 0 Å². The van der Waals surface area contributed by atoms with Crippen molar-refractivity contribution in [2.45, 2.75) is 26.4 Å². The van der Waals surface area contributed by atoms with Gasteiger partial charge in [0.25, 0.3) is 0 Å². The molecule has 5 N–H and O–H groups in total. The van der Waals surface area contributed by atoms with Crippen molar-refractivity contribution in [2.75, 3.05) is 16.8 Å². The molecule has 128 valence electrons. The molecule has 1 heterocycles. The first-order valence-corrected chi connectivity index (χ1v) is 7.13. The Kier molecular flexibility index (Phi) is 4.77. The Morgan fingerprint density at radius 1 is 1.17 bits per heavy atom. The Morgan fingerprint density at radius 3 is 2.33 bits per heavy atom. The van der Waals surface area contributed by atoms with Gasteiger partial charge in [-0.05, 0) is 32.9 Å². The highest BCUT2D eigenvalue weighted by atomic mass is 19.1. The number of hydrogen-bond acceptors (Lipinski definition) is 6. The van der Waals surface area contributed by atoms with Gasteiger partial charge in [0.15, 0.2) is 11.6 Å². The van der Waals surface area contributed by atoms with Crippen LogP contribution >= 0.6 is 0 Å². The van der Waals surface area contributed by atoms with Crippen LogP contribution in [0.25, 0.3) is 0 Å². The largest absolute Gasteiger partial charge is 0.454 e. The number of nitrogens with one attached hydrogen (secondary N) is 1. The average molecular weight is 334 g/mol. The number of nitrogens with zero attached hydrogens (tertiary/aromatic N) is 1. The van der Waals surface area contributed by atoms with Crippen LogP contribution in [0.5, 0.6) is 11.5 Å². The third-order valence-corrected chi connectivity index (χ3v) is 2.64. The molecule has 0 atom stereocenters. The monoisotopic (exact) mass is 334 g/mol. The zero-order valence-electron chi connectivity index (χ0n) is 13.6. The van der Waals surface area contributed by atoms with Gasteiger partial charge < -0.3 is 20.9 Å². The molecule has 0 saturated heterocycles. The summed E-state index contributed by atoms with van der Waals surface area (Å²) in [7, 11) is 0. The third-order valence-electron chi connectivity index (χ3n) is 2.64. The molecule has 1 amide bonds. The number of carbonyl (C=O) groups excluding carboxylic acids is 1. The van der Waals surface area contributed by atoms with Crippen LogP contribution in [0.4, 0.5) is 26.5 Å². The van der Waals surface area contributed by atoms with E-state index in [4.69, 9.17) is 20.9 Å². The molecule has 0 fully saturated rings. The maximum absolute atomic E-state index is 14.1. The van der Waals surface area contributed by atoms with Crippen LogP contribution in [0.3, 0.4) is 0 Å². The van der Waals surface area contributed by atoms with Gasteiger partial charge in [0.2, 0.25) is 0 Å². The first kappa shape index (κ1) is 17.3. The number of rotatable bonds is 3. The minimum Gasteiger partial charge on any atom is -0.454 e. The highest BCUT2D eigenvalue weighted by molar-refractivity contribution is 5.84. The Morgan fingerprint density at radius 2 is 1.79 bits per heavy atom. The Balaban J connectivity index is 2.10. The number of halogens is 1. The second kappa shape index (κ2) is 6.61. The van der Waals surface area contributed by atoms with Gasteiger partial charge in [-0.3, -0.25) is 5.32 Å². The van der Waals surface area contributed by atoms with E-state index in [0.29, 0.717) is 0 Å². The van der Waals surface area contributed by atoms with Crippen LogP contribution in [-0.4, -0.2) is 16.7 Å². The van der Waals surface area contributed by atoms with E-state index < -0.39 is 17.5 Å². The van der Waals surface area contributed by atoms with E-state index in [2.05, 4.69) is 10.3 Å². The molecule has 1 aromatic carbocycles. The summed E-state index contributed by atoms with van der Waals surface area (Å²) in [4.78, 5) is 15.5. The van der Waals surface area contributed by atoms with Gasteiger partial charge in [0.1, 0.15) is 23.0 Å². The first-order chi connectivity index (χ1) is 11.1. The van der Waals surface area contributed by atoms with Crippen molar-refractivity contribution in [3.05, 3.63) is 36.1 Å². The van der Waals surface area contributed by atoms with Crippen molar-refractivity contribution in [3.63, 3.8) is 0 Å². The molecule has 24 heavy (non-hydrogen) atoms. The minimum atomic E-state index is -0.676. The molecule has 0 bridgehead atoms. The van der Waals surface area contributed by atoms with Crippen molar-refractivity contribution in [2.24, 2.45) is 0 Å². The van der Waals surface area contributed by atoms with E-state index in [1.165, 1.54) is 24.3 Å². The molecular weight excluding hydrogens is 315 g/mol. The summed E-state index contributed by atoms with van der Waals surface area (Å²) in [6.07, 6.45) is -0.676. The van der Waals surface area contributed by atoms with E-state index in [1.807, 2.05) is 0 Å². The second-order valence-corrected chi connectivity index (χ2v) is 6.03. The van der Waals surface area contributed by atoms with Crippen molar-refractivity contribution in [3.8, 4) is 11.5 Å². The number of pyridine rings is 1. The van der Waals surface area contributed by atoms with E-state index in [1.54, 1.807) is 20.8 Å².